The van der Waals surface area contributed by atoms with Crippen molar-refractivity contribution in [3.8, 4) is 0 Å². The first-order chi connectivity index (χ1) is 9.93. The monoisotopic (exact) mass is 285 g/mol. The van der Waals surface area contributed by atoms with E-state index in [2.05, 4.69) is 65.6 Å². The van der Waals surface area contributed by atoms with Gasteiger partial charge in [0.15, 0.2) is 0 Å². The molecular weight excluding hydrogens is 266 g/mol. The molecule has 1 fully saturated rings. The van der Waals surface area contributed by atoms with Gasteiger partial charge in [0.1, 0.15) is 0 Å². The molecule has 0 N–H and O–H groups in total. The fourth-order valence-electron chi connectivity index (χ4n) is 2.41. The minimum Gasteiger partial charge on any atom is -0.379 e. The SMILES string of the molecule is c1ccc(SC(c2ccccc2)N2CCOCC2)cc1. The highest BCUT2D eigenvalue weighted by molar-refractivity contribution is 7.99. The smallest absolute Gasteiger partial charge is 0.0862 e. The number of thioether (sulfide) groups is 1. The molecule has 2 nitrogen and oxygen atoms in total. The molecule has 2 aromatic rings. The van der Waals surface area contributed by atoms with Crippen LogP contribution in [0.3, 0.4) is 0 Å². The van der Waals surface area contributed by atoms with Gasteiger partial charge in [-0.1, -0.05) is 48.5 Å². The standard InChI is InChI=1S/C17H19NOS/c1-3-7-15(8-4-1)17(18-11-13-19-14-12-18)20-16-9-5-2-6-10-16/h1-10,17H,11-14H2. The first kappa shape index (κ1) is 13.7. The second-order valence-corrected chi connectivity index (χ2v) is 6.00. The molecule has 0 saturated carbocycles. The maximum Gasteiger partial charge on any atom is 0.0862 e. The van der Waals surface area contributed by atoms with E-state index in [9.17, 15) is 0 Å². The highest BCUT2D eigenvalue weighted by Crippen LogP contribution is 2.38. The molecule has 0 aliphatic carbocycles. The average Bonchev–Trinajstić information content (AvgIpc) is 2.55. The number of hydrogen-bond acceptors (Lipinski definition) is 3. The molecule has 2 aromatic carbocycles. The van der Waals surface area contributed by atoms with Gasteiger partial charge in [0, 0.05) is 18.0 Å². The van der Waals surface area contributed by atoms with Gasteiger partial charge in [-0.15, -0.1) is 11.8 Å². The molecule has 1 aliphatic heterocycles. The molecule has 1 atom stereocenters. The zero-order valence-electron chi connectivity index (χ0n) is 11.4. The highest BCUT2D eigenvalue weighted by Gasteiger charge is 2.23. The lowest BCUT2D eigenvalue weighted by Gasteiger charge is -2.34. The minimum atomic E-state index is 0.363. The lowest BCUT2D eigenvalue weighted by atomic mass is 10.2. The van der Waals surface area contributed by atoms with Crippen LogP contribution in [0.2, 0.25) is 0 Å². The van der Waals surface area contributed by atoms with Crippen molar-refractivity contribution in [3.05, 3.63) is 66.2 Å². The summed E-state index contributed by atoms with van der Waals surface area (Å²) in [6.07, 6.45) is 0. The van der Waals surface area contributed by atoms with E-state index in [1.54, 1.807) is 0 Å². The van der Waals surface area contributed by atoms with E-state index >= 15 is 0 Å². The van der Waals surface area contributed by atoms with E-state index in [-0.39, 0.29) is 0 Å². The molecule has 1 heterocycles. The Labute approximate surface area is 124 Å². The molecule has 1 aliphatic rings. The van der Waals surface area contributed by atoms with Crippen LogP contribution in [0.1, 0.15) is 10.9 Å². The van der Waals surface area contributed by atoms with Crippen molar-refractivity contribution in [1.29, 1.82) is 0 Å². The molecule has 20 heavy (non-hydrogen) atoms. The molecule has 0 aromatic heterocycles. The summed E-state index contributed by atoms with van der Waals surface area (Å²) in [7, 11) is 0. The molecule has 3 rings (SSSR count). The molecule has 3 heteroatoms. The Morgan fingerprint density at radius 1 is 0.850 bits per heavy atom. The topological polar surface area (TPSA) is 12.5 Å². The van der Waals surface area contributed by atoms with Gasteiger partial charge < -0.3 is 4.74 Å². The summed E-state index contributed by atoms with van der Waals surface area (Å²) < 4.78 is 5.49. The lowest BCUT2D eigenvalue weighted by Crippen LogP contribution is -2.37. The molecule has 0 bridgehead atoms. The van der Waals surface area contributed by atoms with Gasteiger partial charge in [-0.3, -0.25) is 4.90 Å². The van der Waals surface area contributed by atoms with E-state index < -0.39 is 0 Å². The number of ether oxygens (including phenoxy) is 1. The van der Waals surface area contributed by atoms with E-state index in [1.165, 1.54) is 10.5 Å². The molecule has 0 radical (unpaired) electrons. The van der Waals surface area contributed by atoms with Crippen LogP contribution in [0.4, 0.5) is 0 Å². The fourth-order valence-corrected chi connectivity index (χ4v) is 3.64. The van der Waals surface area contributed by atoms with Crippen LogP contribution in [0, 0.1) is 0 Å². The summed E-state index contributed by atoms with van der Waals surface area (Å²) in [6.45, 7) is 3.66. The molecule has 104 valence electrons. The van der Waals surface area contributed by atoms with Gasteiger partial charge in [-0.05, 0) is 17.7 Å². The summed E-state index contributed by atoms with van der Waals surface area (Å²) in [4.78, 5) is 3.82. The van der Waals surface area contributed by atoms with Crippen molar-refractivity contribution in [2.45, 2.75) is 10.3 Å². The third-order valence-electron chi connectivity index (χ3n) is 3.45. The van der Waals surface area contributed by atoms with Crippen molar-refractivity contribution in [2.24, 2.45) is 0 Å². The predicted octanol–water partition coefficient (Wildman–Crippen LogP) is 3.81. The predicted molar refractivity (Wildman–Crippen MR) is 83.9 cm³/mol. The van der Waals surface area contributed by atoms with Gasteiger partial charge in [0.2, 0.25) is 0 Å². The molecule has 1 unspecified atom stereocenters. The van der Waals surface area contributed by atoms with Crippen LogP contribution < -0.4 is 0 Å². The van der Waals surface area contributed by atoms with E-state index in [0.717, 1.165) is 26.3 Å². The van der Waals surface area contributed by atoms with Gasteiger partial charge >= 0.3 is 0 Å². The van der Waals surface area contributed by atoms with Crippen LogP contribution in [0.25, 0.3) is 0 Å². The first-order valence-electron chi connectivity index (χ1n) is 7.02. The van der Waals surface area contributed by atoms with Crippen LogP contribution in [0.5, 0.6) is 0 Å². The van der Waals surface area contributed by atoms with Crippen LogP contribution >= 0.6 is 11.8 Å². The number of hydrogen-bond donors (Lipinski definition) is 0. The van der Waals surface area contributed by atoms with E-state index in [4.69, 9.17) is 4.74 Å². The Kier molecular flexibility index (Phi) is 4.74. The normalized spacial score (nSPS) is 17.8. The van der Waals surface area contributed by atoms with Gasteiger partial charge in [-0.2, -0.15) is 0 Å². The van der Waals surface area contributed by atoms with Crippen LogP contribution in [-0.4, -0.2) is 31.2 Å². The van der Waals surface area contributed by atoms with Crippen LogP contribution in [0.15, 0.2) is 65.6 Å². The van der Waals surface area contributed by atoms with Crippen molar-refractivity contribution in [2.75, 3.05) is 26.3 Å². The Morgan fingerprint density at radius 2 is 1.45 bits per heavy atom. The van der Waals surface area contributed by atoms with Crippen LogP contribution in [-0.2, 0) is 4.74 Å². The second kappa shape index (κ2) is 6.93. The zero-order chi connectivity index (χ0) is 13.6. The number of benzene rings is 2. The summed E-state index contributed by atoms with van der Waals surface area (Å²) >= 11 is 1.92. The van der Waals surface area contributed by atoms with E-state index in [0.29, 0.717) is 5.37 Å². The van der Waals surface area contributed by atoms with Crippen molar-refractivity contribution in [3.63, 3.8) is 0 Å². The number of nitrogens with zero attached hydrogens (tertiary/aromatic N) is 1. The Balaban J connectivity index is 1.83. The van der Waals surface area contributed by atoms with Gasteiger partial charge in [0.05, 0.1) is 18.6 Å². The maximum absolute atomic E-state index is 5.49. The molecule has 0 spiro atoms. The van der Waals surface area contributed by atoms with Crippen molar-refractivity contribution < 1.29 is 4.74 Å². The van der Waals surface area contributed by atoms with Crippen molar-refractivity contribution in [1.82, 2.24) is 4.90 Å². The minimum absolute atomic E-state index is 0.363. The van der Waals surface area contributed by atoms with Gasteiger partial charge in [-0.25, -0.2) is 0 Å². The zero-order valence-corrected chi connectivity index (χ0v) is 12.3. The van der Waals surface area contributed by atoms with Crippen molar-refractivity contribution >= 4 is 11.8 Å². The lowest BCUT2D eigenvalue weighted by molar-refractivity contribution is 0.0324. The van der Waals surface area contributed by atoms with Gasteiger partial charge in [0.25, 0.3) is 0 Å². The third-order valence-corrected chi connectivity index (χ3v) is 4.79. The molecular formula is C17H19NOS. The molecule has 0 amide bonds. The third kappa shape index (κ3) is 3.42. The number of rotatable bonds is 4. The summed E-state index contributed by atoms with van der Waals surface area (Å²) in [5.74, 6) is 0. The van der Waals surface area contributed by atoms with E-state index in [1.807, 2.05) is 11.8 Å². The second-order valence-electron chi connectivity index (χ2n) is 4.84. The Morgan fingerprint density at radius 3 is 2.10 bits per heavy atom. The average molecular weight is 285 g/mol. The summed E-state index contributed by atoms with van der Waals surface area (Å²) in [5, 5.41) is 0.363. The highest BCUT2D eigenvalue weighted by atomic mass is 32.2. The fraction of sp³-hybridized carbons (Fsp3) is 0.294. The Bertz CT molecular complexity index is 511. The first-order valence-corrected chi connectivity index (χ1v) is 7.90. The maximum atomic E-state index is 5.49. The number of morpholine rings is 1. The molecule has 1 saturated heterocycles. The summed E-state index contributed by atoms with van der Waals surface area (Å²) in [6, 6.07) is 21.4. The Hall–Kier alpha value is -1.29. The quantitative estimate of drug-likeness (QED) is 0.793. The summed E-state index contributed by atoms with van der Waals surface area (Å²) in [5.41, 5.74) is 1.36. The largest absolute Gasteiger partial charge is 0.379 e.